The topological polar surface area (TPSA) is 40.5 Å². The van der Waals surface area contributed by atoms with Gasteiger partial charge in [0.1, 0.15) is 0 Å². The van der Waals surface area contributed by atoms with Crippen LogP contribution in [0.3, 0.4) is 0 Å². The average Bonchev–Trinajstić information content (AvgIpc) is 3.09. The Morgan fingerprint density at radius 3 is 2.32 bits per heavy atom. The van der Waals surface area contributed by atoms with E-state index in [0.717, 1.165) is 36.5 Å². The first kappa shape index (κ1) is 15.4. The molecular weight excluding hydrogens is 272 g/mol. The Morgan fingerprint density at radius 2 is 1.68 bits per heavy atom. The minimum atomic E-state index is -0.271. The van der Waals surface area contributed by atoms with E-state index in [2.05, 4.69) is 27.7 Å². The third-order valence-corrected chi connectivity index (χ3v) is 8.86. The zero-order chi connectivity index (χ0) is 15.9. The second-order valence-corrected chi connectivity index (χ2v) is 10.2. The molecule has 0 unspecified atom stereocenters. The van der Waals surface area contributed by atoms with Gasteiger partial charge in [0, 0.05) is 5.41 Å². The molecule has 0 aliphatic heterocycles. The van der Waals surface area contributed by atoms with Crippen molar-refractivity contribution in [2.75, 3.05) is 6.61 Å². The van der Waals surface area contributed by atoms with Crippen LogP contribution in [-0.2, 0) is 0 Å². The number of hydrogen-bond donors (Lipinski definition) is 2. The van der Waals surface area contributed by atoms with Gasteiger partial charge in [-0.15, -0.1) is 0 Å². The Morgan fingerprint density at radius 1 is 1.00 bits per heavy atom. The van der Waals surface area contributed by atoms with E-state index in [-0.39, 0.29) is 18.1 Å². The lowest BCUT2D eigenvalue weighted by Crippen LogP contribution is -2.54. The van der Waals surface area contributed by atoms with Gasteiger partial charge in [-0.05, 0) is 78.9 Å². The highest BCUT2D eigenvalue weighted by Gasteiger charge is 2.72. The molecule has 4 saturated carbocycles. The number of fused-ring (bicyclic) bond motifs is 5. The molecule has 4 aliphatic carbocycles. The van der Waals surface area contributed by atoms with E-state index < -0.39 is 0 Å². The van der Waals surface area contributed by atoms with Gasteiger partial charge in [0.05, 0.1) is 12.7 Å². The molecule has 0 aromatic carbocycles. The molecule has 0 saturated heterocycles. The molecular formula is C20H34O2. The maximum absolute atomic E-state index is 10.7. The van der Waals surface area contributed by atoms with Crippen molar-refractivity contribution in [3.63, 3.8) is 0 Å². The number of hydrogen-bond acceptors (Lipinski definition) is 2. The van der Waals surface area contributed by atoms with Gasteiger partial charge < -0.3 is 10.2 Å². The molecule has 2 N–H and O–H groups in total. The molecule has 0 aromatic rings. The molecule has 0 heterocycles. The Kier molecular flexibility index (Phi) is 3.16. The first-order chi connectivity index (χ1) is 10.3. The van der Waals surface area contributed by atoms with Gasteiger partial charge in [-0.3, -0.25) is 0 Å². The van der Waals surface area contributed by atoms with Gasteiger partial charge in [0.15, 0.2) is 0 Å². The molecule has 0 radical (unpaired) electrons. The minimum Gasteiger partial charge on any atom is -0.396 e. The Hall–Kier alpha value is -0.0800. The van der Waals surface area contributed by atoms with E-state index in [1.54, 1.807) is 0 Å². The fourth-order valence-electron chi connectivity index (χ4n) is 7.39. The van der Waals surface area contributed by atoms with Crippen LogP contribution in [0.5, 0.6) is 0 Å². The molecule has 0 spiro atoms. The Labute approximate surface area is 135 Å². The molecule has 22 heavy (non-hydrogen) atoms. The Balaban J connectivity index is 1.74. The monoisotopic (exact) mass is 306 g/mol. The zero-order valence-corrected chi connectivity index (χ0v) is 14.8. The van der Waals surface area contributed by atoms with E-state index in [1.807, 2.05) is 0 Å². The molecule has 4 rings (SSSR count). The highest BCUT2D eigenvalue weighted by Crippen LogP contribution is 2.76. The molecule has 4 aliphatic rings. The first-order valence-electron chi connectivity index (χ1n) is 9.56. The first-order valence-corrected chi connectivity index (χ1v) is 9.56. The van der Waals surface area contributed by atoms with Crippen molar-refractivity contribution in [2.45, 2.75) is 72.3 Å². The number of aliphatic hydroxyl groups excluding tert-OH is 2. The van der Waals surface area contributed by atoms with Crippen LogP contribution in [0.4, 0.5) is 0 Å². The number of rotatable bonds is 2. The van der Waals surface area contributed by atoms with Crippen molar-refractivity contribution in [1.82, 2.24) is 0 Å². The van der Waals surface area contributed by atoms with Crippen molar-refractivity contribution in [3.8, 4) is 0 Å². The SMILES string of the molecule is CC(C)[C@@H]1CC[C@]2(C)CC[C@@]3(C)C[C@@H](O)[C@@]4(CO)C[C@H]4[C@@H]3[C@@H]12. The van der Waals surface area contributed by atoms with E-state index >= 15 is 0 Å². The summed E-state index contributed by atoms with van der Waals surface area (Å²) in [4.78, 5) is 0. The predicted octanol–water partition coefficient (Wildman–Crippen LogP) is 3.85. The highest BCUT2D eigenvalue weighted by atomic mass is 16.3. The van der Waals surface area contributed by atoms with Crippen molar-refractivity contribution >= 4 is 0 Å². The van der Waals surface area contributed by atoms with Crippen LogP contribution in [0.1, 0.15) is 66.2 Å². The van der Waals surface area contributed by atoms with Gasteiger partial charge >= 0.3 is 0 Å². The smallest absolute Gasteiger partial charge is 0.0626 e. The normalized spacial score (nSPS) is 59.9. The highest BCUT2D eigenvalue weighted by molar-refractivity contribution is 5.21. The van der Waals surface area contributed by atoms with Crippen molar-refractivity contribution in [2.24, 2.45) is 45.8 Å². The van der Waals surface area contributed by atoms with Crippen LogP contribution < -0.4 is 0 Å². The second-order valence-electron chi connectivity index (χ2n) is 10.2. The molecule has 0 aromatic heterocycles. The lowest BCUT2D eigenvalue weighted by atomic mass is 9.47. The summed E-state index contributed by atoms with van der Waals surface area (Å²) in [5.74, 6) is 3.74. The fraction of sp³-hybridized carbons (Fsp3) is 1.00. The molecule has 8 atom stereocenters. The maximum atomic E-state index is 10.7. The standard InChI is InChI=1S/C20H34O2/c1-12(2)13-5-6-18(3)7-8-19(4)10-15(22)20(11-21)9-14(20)17(19)16(13)18/h12-17,21-22H,5-11H2,1-4H3/t13-,14-,15+,16+,17+,18+,19-,20+/m0/s1. The summed E-state index contributed by atoms with van der Waals surface area (Å²) in [5.41, 5.74) is 0.693. The summed E-state index contributed by atoms with van der Waals surface area (Å²) in [6, 6.07) is 0. The molecule has 0 amide bonds. The van der Waals surface area contributed by atoms with E-state index in [9.17, 15) is 10.2 Å². The van der Waals surface area contributed by atoms with Gasteiger partial charge in [0.2, 0.25) is 0 Å². The summed E-state index contributed by atoms with van der Waals surface area (Å²) < 4.78 is 0. The van der Waals surface area contributed by atoms with Gasteiger partial charge in [-0.2, -0.15) is 0 Å². The summed E-state index contributed by atoms with van der Waals surface area (Å²) in [6.45, 7) is 10.0. The van der Waals surface area contributed by atoms with Gasteiger partial charge in [0.25, 0.3) is 0 Å². The quantitative estimate of drug-likeness (QED) is 0.813. The third kappa shape index (κ3) is 1.75. The molecule has 2 nitrogen and oxygen atoms in total. The van der Waals surface area contributed by atoms with Gasteiger partial charge in [-0.1, -0.05) is 27.7 Å². The second kappa shape index (κ2) is 4.51. The zero-order valence-electron chi connectivity index (χ0n) is 14.8. The maximum Gasteiger partial charge on any atom is 0.0626 e. The summed E-state index contributed by atoms with van der Waals surface area (Å²) >= 11 is 0. The van der Waals surface area contributed by atoms with Crippen LogP contribution in [0.2, 0.25) is 0 Å². The van der Waals surface area contributed by atoms with E-state index in [0.29, 0.717) is 16.7 Å². The summed E-state index contributed by atoms with van der Waals surface area (Å²) in [7, 11) is 0. The third-order valence-electron chi connectivity index (χ3n) is 8.86. The molecule has 2 heteroatoms. The van der Waals surface area contributed by atoms with Crippen molar-refractivity contribution in [1.29, 1.82) is 0 Å². The van der Waals surface area contributed by atoms with Crippen LogP contribution in [-0.4, -0.2) is 22.9 Å². The molecule has 4 fully saturated rings. The predicted molar refractivity (Wildman–Crippen MR) is 88.2 cm³/mol. The van der Waals surface area contributed by atoms with Crippen molar-refractivity contribution < 1.29 is 10.2 Å². The van der Waals surface area contributed by atoms with Crippen LogP contribution in [0.25, 0.3) is 0 Å². The molecule has 126 valence electrons. The lowest BCUT2D eigenvalue weighted by molar-refractivity contribution is -0.131. The fourth-order valence-corrected chi connectivity index (χ4v) is 7.39. The van der Waals surface area contributed by atoms with Crippen LogP contribution in [0.15, 0.2) is 0 Å². The van der Waals surface area contributed by atoms with Crippen molar-refractivity contribution in [3.05, 3.63) is 0 Å². The Bertz CT molecular complexity index is 474. The largest absolute Gasteiger partial charge is 0.396 e. The lowest BCUT2D eigenvalue weighted by Gasteiger charge is -2.58. The minimum absolute atomic E-state index is 0.132. The summed E-state index contributed by atoms with van der Waals surface area (Å²) in [5, 5.41) is 20.7. The number of aliphatic hydroxyl groups is 2. The van der Waals surface area contributed by atoms with E-state index in [4.69, 9.17) is 0 Å². The van der Waals surface area contributed by atoms with Crippen LogP contribution in [0, 0.1) is 45.8 Å². The summed E-state index contributed by atoms with van der Waals surface area (Å²) in [6.07, 6.45) is 7.15. The molecule has 0 bridgehead atoms. The van der Waals surface area contributed by atoms with Gasteiger partial charge in [-0.25, -0.2) is 0 Å². The van der Waals surface area contributed by atoms with Crippen LogP contribution >= 0.6 is 0 Å². The average molecular weight is 306 g/mol. The van der Waals surface area contributed by atoms with E-state index in [1.165, 1.54) is 25.7 Å².